The third-order valence-electron chi connectivity index (χ3n) is 3.07. The molecule has 0 saturated heterocycles. The molecule has 2 aromatic carbocycles. The minimum atomic E-state index is -0.908. The molecule has 0 saturated carbocycles. The largest absolute Gasteiger partial charge is 0.495 e. The number of rotatable bonds is 4. The van der Waals surface area contributed by atoms with Gasteiger partial charge in [-0.2, -0.15) is 0 Å². The van der Waals surface area contributed by atoms with Gasteiger partial charge in [-0.05, 0) is 45.8 Å². The molecule has 2 aromatic rings. The van der Waals surface area contributed by atoms with Crippen LogP contribution in [0.2, 0.25) is 10.0 Å². The van der Waals surface area contributed by atoms with Gasteiger partial charge in [-0.15, -0.1) is 0 Å². The van der Waals surface area contributed by atoms with Crippen molar-refractivity contribution in [2.24, 2.45) is 0 Å². The number of aliphatic hydroxyl groups is 1. The van der Waals surface area contributed by atoms with Crippen LogP contribution in [0, 0.1) is 0 Å². The van der Waals surface area contributed by atoms with Crippen molar-refractivity contribution < 1.29 is 14.6 Å². The summed E-state index contributed by atoms with van der Waals surface area (Å²) in [6.45, 7) is 0. The molecule has 3 nitrogen and oxygen atoms in total. The van der Waals surface area contributed by atoms with Crippen LogP contribution in [0.3, 0.4) is 0 Å². The van der Waals surface area contributed by atoms with Gasteiger partial charge in [0.25, 0.3) is 0 Å². The molecular formula is C15H13BrCl2O3. The second-order valence-electron chi connectivity index (χ2n) is 4.28. The second-order valence-corrected chi connectivity index (χ2v) is 5.92. The number of aliphatic hydroxyl groups excluding tert-OH is 1. The summed E-state index contributed by atoms with van der Waals surface area (Å²) in [4.78, 5) is 0. The van der Waals surface area contributed by atoms with Crippen molar-refractivity contribution in [3.05, 3.63) is 56.0 Å². The monoisotopic (exact) mass is 390 g/mol. The topological polar surface area (TPSA) is 38.7 Å². The molecule has 0 aromatic heterocycles. The lowest BCUT2D eigenvalue weighted by Crippen LogP contribution is -2.03. The Hall–Kier alpha value is -0.940. The first-order valence-electron chi connectivity index (χ1n) is 6.03. The maximum atomic E-state index is 10.6. The molecule has 0 spiro atoms. The normalized spacial score (nSPS) is 12.1. The average molecular weight is 392 g/mol. The Labute approximate surface area is 141 Å². The summed E-state index contributed by atoms with van der Waals surface area (Å²) < 4.78 is 11.2. The molecule has 0 aliphatic rings. The average Bonchev–Trinajstić information content (AvgIpc) is 2.49. The smallest absolute Gasteiger partial charge is 0.147 e. The first-order valence-corrected chi connectivity index (χ1v) is 7.57. The van der Waals surface area contributed by atoms with E-state index in [4.69, 9.17) is 32.7 Å². The van der Waals surface area contributed by atoms with Crippen molar-refractivity contribution in [1.29, 1.82) is 0 Å². The molecule has 6 heteroatoms. The molecule has 0 fully saturated rings. The third-order valence-corrected chi connectivity index (χ3v) is 4.66. The van der Waals surface area contributed by atoms with Gasteiger partial charge >= 0.3 is 0 Å². The molecule has 112 valence electrons. The van der Waals surface area contributed by atoms with Crippen LogP contribution < -0.4 is 9.47 Å². The zero-order valence-corrected chi connectivity index (χ0v) is 14.5. The Morgan fingerprint density at radius 1 is 1.10 bits per heavy atom. The highest BCUT2D eigenvalue weighted by Crippen LogP contribution is 2.41. The quantitative estimate of drug-likeness (QED) is 0.809. The van der Waals surface area contributed by atoms with Gasteiger partial charge in [-0.3, -0.25) is 0 Å². The number of hydrogen-bond acceptors (Lipinski definition) is 3. The van der Waals surface area contributed by atoms with E-state index in [-0.39, 0.29) is 0 Å². The van der Waals surface area contributed by atoms with Crippen LogP contribution in [0.15, 0.2) is 34.8 Å². The Kier molecular flexibility index (Phi) is 5.38. The number of benzene rings is 2. The lowest BCUT2D eigenvalue weighted by molar-refractivity contribution is 0.214. The SMILES string of the molecule is COc1ccc(C(O)c2ccc(Br)c(Cl)c2)c(OC)c1Cl. The lowest BCUT2D eigenvalue weighted by Gasteiger charge is -2.18. The maximum Gasteiger partial charge on any atom is 0.147 e. The summed E-state index contributed by atoms with van der Waals surface area (Å²) in [5.74, 6) is 0.862. The molecule has 0 bridgehead atoms. The van der Waals surface area contributed by atoms with E-state index >= 15 is 0 Å². The molecular weight excluding hydrogens is 379 g/mol. The van der Waals surface area contributed by atoms with Crippen LogP contribution in [0.1, 0.15) is 17.2 Å². The van der Waals surface area contributed by atoms with E-state index in [1.165, 1.54) is 14.2 Å². The van der Waals surface area contributed by atoms with Crippen molar-refractivity contribution in [3.8, 4) is 11.5 Å². The number of hydrogen-bond donors (Lipinski definition) is 1. The molecule has 0 amide bonds. The van der Waals surface area contributed by atoms with Crippen molar-refractivity contribution in [2.45, 2.75) is 6.10 Å². The zero-order chi connectivity index (χ0) is 15.6. The van der Waals surface area contributed by atoms with Crippen molar-refractivity contribution >= 4 is 39.1 Å². The molecule has 21 heavy (non-hydrogen) atoms. The fourth-order valence-corrected chi connectivity index (χ4v) is 2.76. The fourth-order valence-electron chi connectivity index (χ4n) is 2.00. The van der Waals surface area contributed by atoms with Gasteiger partial charge in [0, 0.05) is 10.0 Å². The standard InChI is InChI=1S/C15H13BrCl2O3/c1-20-12-6-4-9(15(21-2)13(12)18)14(19)8-3-5-10(16)11(17)7-8/h3-7,14,19H,1-2H3. The van der Waals surface area contributed by atoms with Crippen LogP contribution in [0.5, 0.6) is 11.5 Å². The summed E-state index contributed by atoms with van der Waals surface area (Å²) in [7, 11) is 3.01. The van der Waals surface area contributed by atoms with Gasteiger partial charge in [-0.1, -0.05) is 29.3 Å². The van der Waals surface area contributed by atoms with Crippen LogP contribution >= 0.6 is 39.1 Å². The molecule has 2 rings (SSSR count). The summed E-state index contributed by atoms with van der Waals surface area (Å²) in [5.41, 5.74) is 1.18. The Bertz CT molecular complexity index is 662. The Morgan fingerprint density at radius 2 is 1.81 bits per heavy atom. The molecule has 0 heterocycles. The van der Waals surface area contributed by atoms with E-state index in [1.807, 2.05) is 0 Å². The highest BCUT2D eigenvalue weighted by atomic mass is 79.9. The Morgan fingerprint density at radius 3 is 2.38 bits per heavy atom. The van der Waals surface area contributed by atoms with Gasteiger partial charge in [0.05, 0.1) is 19.2 Å². The molecule has 1 N–H and O–H groups in total. The van der Waals surface area contributed by atoms with Gasteiger partial charge in [0.1, 0.15) is 22.6 Å². The van der Waals surface area contributed by atoms with Gasteiger partial charge in [0.15, 0.2) is 0 Å². The first-order chi connectivity index (χ1) is 9.99. The van der Waals surface area contributed by atoms with E-state index in [9.17, 15) is 5.11 Å². The second kappa shape index (κ2) is 6.88. The molecule has 1 atom stereocenters. The van der Waals surface area contributed by atoms with E-state index in [2.05, 4.69) is 15.9 Å². The Balaban J connectivity index is 2.50. The third kappa shape index (κ3) is 3.29. The molecule has 0 radical (unpaired) electrons. The minimum Gasteiger partial charge on any atom is -0.495 e. The molecule has 0 aliphatic heterocycles. The summed E-state index contributed by atoms with van der Waals surface area (Å²) in [5, 5.41) is 11.4. The van der Waals surface area contributed by atoms with Crippen molar-refractivity contribution in [3.63, 3.8) is 0 Å². The molecule has 1 unspecified atom stereocenters. The van der Waals surface area contributed by atoms with E-state index in [1.54, 1.807) is 30.3 Å². The highest BCUT2D eigenvalue weighted by molar-refractivity contribution is 9.10. The van der Waals surface area contributed by atoms with E-state index in [0.717, 1.165) is 4.47 Å². The fraction of sp³-hybridized carbons (Fsp3) is 0.200. The van der Waals surface area contributed by atoms with Gasteiger partial charge in [-0.25, -0.2) is 0 Å². The van der Waals surface area contributed by atoms with Crippen LogP contribution in [0.25, 0.3) is 0 Å². The van der Waals surface area contributed by atoms with E-state index in [0.29, 0.717) is 32.7 Å². The summed E-state index contributed by atoms with van der Waals surface area (Å²) >= 11 is 15.6. The predicted molar refractivity (Wildman–Crippen MR) is 87.8 cm³/mol. The van der Waals surface area contributed by atoms with E-state index < -0.39 is 6.10 Å². The molecule has 0 aliphatic carbocycles. The predicted octanol–water partition coefficient (Wildman–Crippen LogP) is 4.85. The van der Waals surface area contributed by atoms with Crippen molar-refractivity contribution in [1.82, 2.24) is 0 Å². The number of halogens is 3. The lowest BCUT2D eigenvalue weighted by atomic mass is 10.0. The highest BCUT2D eigenvalue weighted by Gasteiger charge is 2.20. The maximum absolute atomic E-state index is 10.6. The first kappa shape index (κ1) is 16.4. The van der Waals surface area contributed by atoms with Crippen LogP contribution in [-0.2, 0) is 0 Å². The van der Waals surface area contributed by atoms with Gasteiger partial charge in [0.2, 0.25) is 0 Å². The number of methoxy groups -OCH3 is 2. The summed E-state index contributed by atoms with van der Waals surface area (Å²) in [6.07, 6.45) is -0.908. The zero-order valence-electron chi connectivity index (χ0n) is 11.4. The summed E-state index contributed by atoms with van der Waals surface area (Å²) in [6, 6.07) is 8.64. The van der Waals surface area contributed by atoms with Crippen LogP contribution in [0.4, 0.5) is 0 Å². The van der Waals surface area contributed by atoms with Crippen molar-refractivity contribution in [2.75, 3.05) is 14.2 Å². The minimum absolute atomic E-state index is 0.319. The number of ether oxygens (including phenoxy) is 2. The van der Waals surface area contributed by atoms with Gasteiger partial charge < -0.3 is 14.6 Å². The van der Waals surface area contributed by atoms with Crippen LogP contribution in [-0.4, -0.2) is 19.3 Å².